The second kappa shape index (κ2) is 6.30. The largest absolute Gasteiger partial charge is 0.324 e. The van der Waals surface area contributed by atoms with Crippen molar-refractivity contribution in [3.05, 3.63) is 34.3 Å². The van der Waals surface area contributed by atoms with Crippen molar-refractivity contribution in [3.63, 3.8) is 0 Å². The summed E-state index contributed by atoms with van der Waals surface area (Å²) < 4.78 is 2.20. The minimum absolute atomic E-state index is 0.247. The number of hydrogen-bond acceptors (Lipinski definition) is 4. The molecule has 0 aliphatic rings. The Morgan fingerprint density at radius 3 is 2.74 bits per heavy atom. The lowest BCUT2D eigenvalue weighted by molar-refractivity contribution is 0.524. The molecule has 2 aromatic rings. The minimum Gasteiger partial charge on any atom is -0.324 e. The summed E-state index contributed by atoms with van der Waals surface area (Å²) in [4.78, 5) is 10.00. The number of aromatic nitrogens is 3. The Hall–Kier alpha value is -1.20. The Kier molecular flexibility index (Phi) is 4.71. The molecular formula is C14H22N4S. The Labute approximate surface area is 118 Å². The summed E-state index contributed by atoms with van der Waals surface area (Å²) in [6, 6.07) is 0.247. The third kappa shape index (κ3) is 3.64. The molecule has 0 amide bonds. The molecule has 0 saturated heterocycles. The van der Waals surface area contributed by atoms with E-state index >= 15 is 0 Å². The van der Waals surface area contributed by atoms with Gasteiger partial charge in [0.15, 0.2) is 0 Å². The molecule has 0 aliphatic carbocycles. The molecule has 5 heteroatoms. The van der Waals surface area contributed by atoms with Gasteiger partial charge in [0.25, 0.3) is 0 Å². The first kappa shape index (κ1) is 14.2. The number of hydrogen-bond donors (Lipinski definition) is 1. The average molecular weight is 278 g/mol. The van der Waals surface area contributed by atoms with E-state index in [4.69, 9.17) is 0 Å². The maximum atomic E-state index is 4.47. The topological polar surface area (TPSA) is 42.7 Å². The van der Waals surface area contributed by atoms with Crippen LogP contribution in [0.1, 0.15) is 42.4 Å². The maximum Gasteiger partial charge on any atom is 0.115 e. The maximum absolute atomic E-state index is 4.47. The SMILES string of the molecule is Cc1cnc(C(C)n2cncc2CNCC(C)C)s1. The normalized spacial score (nSPS) is 13.1. The highest BCUT2D eigenvalue weighted by Crippen LogP contribution is 2.23. The highest BCUT2D eigenvalue weighted by Gasteiger charge is 2.14. The lowest BCUT2D eigenvalue weighted by Crippen LogP contribution is -2.21. The van der Waals surface area contributed by atoms with Crippen molar-refractivity contribution in [2.75, 3.05) is 6.54 Å². The summed E-state index contributed by atoms with van der Waals surface area (Å²) in [5, 5.41) is 4.60. The summed E-state index contributed by atoms with van der Waals surface area (Å²) in [6.07, 6.45) is 5.77. The first-order chi connectivity index (χ1) is 9.08. The lowest BCUT2D eigenvalue weighted by atomic mass is 10.2. The summed E-state index contributed by atoms with van der Waals surface area (Å²) in [5.74, 6) is 0.662. The molecule has 0 aliphatic heterocycles. The summed E-state index contributed by atoms with van der Waals surface area (Å²) in [6.45, 7) is 10.6. The third-order valence-corrected chi connectivity index (χ3v) is 4.10. The van der Waals surface area contributed by atoms with Gasteiger partial charge >= 0.3 is 0 Å². The zero-order valence-electron chi connectivity index (χ0n) is 12.1. The van der Waals surface area contributed by atoms with Crippen LogP contribution >= 0.6 is 11.3 Å². The standard InChI is InChI=1S/C14H22N4S/c1-10(2)5-15-7-13-8-16-9-18(13)12(4)14-17-6-11(3)19-14/h6,8-10,12,15H,5,7H2,1-4H3. The second-order valence-electron chi connectivity index (χ2n) is 5.30. The quantitative estimate of drug-likeness (QED) is 0.883. The van der Waals surface area contributed by atoms with Crippen molar-refractivity contribution in [1.29, 1.82) is 0 Å². The molecule has 2 rings (SSSR count). The summed E-state index contributed by atoms with van der Waals surface area (Å²) in [5.41, 5.74) is 1.21. The lowest BCUT2D eigenvalue weighted by Gasteiger charge is -2.15. The van der Waals surface area contributed by atoms with Crippen LogP contribution in [-0.2, 0) is 6.54 Å². The zero-order valence-corrected chi connectivity index (χ0v) is 12.9. The molecule has 0 aromatic carbocycles. The van der Waals surface area contributed by atoms with Gasteiger partial charge in [-0.3, -0.25) is 0 Å². The molecule has 1 atom stereocenters. The molecule has 0 saturated carbocycles. The second-order valence-corrected chi connectivity index (χ2v) is 6.57. The molecule has 1 unspecified atom stereocenters. The van der Waals surface area contributed by atoms with Crippen LogP contribution in [0.3, 0.4) is 0 Å². The van der Waals surface area contributed by atoms with Gasteiger partial charge in [-0.25, -0.2) is 9.97 Å². The van der Waals surface area contributed by atoms with E-state index in [1.807, 2.05) is 18.7 Å². The van der Waals surface area contributed by atoms with Gasteiger partial charge in [0.1, 0.15) is 5.01 Å². The van der Waals surface area contributed by atoms with Gasteiger partial charge in [-0.2, -0.15) is 0 Å². The Morgan fingerprint density at radius 1 is 1.32 bits per heavy atom. The highest BCUT2D eigenvalue weighted by atomic mass is 32.1. The van der Waals surface area contributed by atoms with Crippen molar-refractivity contribution >= 4 is 11.3 Å². The van der Waals surface area contributed by atoms with E-state index in [-0.39, 0.29) is 6.04 Å². The van der Waals surface area contributed by atoms with Gasteiger partial charge in [0, 0.05) is 23.8 Å². The van der Waals surface area contributed by atoms with E-state index in [2.05, 4.69) is 47.5 Å². The fourth-order valence-electron chi connectivity index (χ4n) is 1.99. The van der Waals surface area contributed by atoms with Crippen molar-refractivity contribution in [2.45, 2.75) is 40.3 Å². The van der Waals surface area contributed by atoms with E-state index in [9.17, 15) is 0 Å². The van der Waals surface area contributed by atoms with Crippen molar-refractivity contribution in [1.82, 2.24) is 19.9 Å². The fourth-order valence-corrected chi connectivity index (χ4v) is 2.82. The van der Waals surface area contributed by atoms with Gasteiger partial charge < -0.3 is 9.88 Å². The molecule has 0 radical (unpaired) electrons. The van der Waals surface area contributed by atoms with E-state index < -0.39 is 0 Å². The van der Waals surface area contributed by atoms with E-state index in [0.29, 0.717) is 5.92 Å². The number of aryl methyl sites for hydroxylation is 1. The molecule has 2 aromatic heterocycles. The Bertz CT molecular complexity index is 515. The van der Waals surface area contributed by atoms with E-state index in [1.165, 1.54) is 10.6 Å². The van der Waals surface area contributed by atoms with Crippen LogP contribution in [0.2, 0.25) is 0 Å². The molecule has 19 heavy (non-hydrogen) atoms. The summed E-state index contributed by atoms with van der Waals surface area (Å²) in [7, 11) is 0. The van der Waals surface area contributed by atoms with Crippen LogP contribution in [0.5, 0.6) is 0 Å². The number of imidazole rings is 1. The number of thiazole rings is 1. The predicted molar refractivity (Wildman–Crippen MR) is 79.4 cm³/mol. The van der Waals surface area contributed by atoms with Gasteiger partial charge in [-0.1, -0.05) is 13.8 Å². The van der Waals surface area contributed by atoms with Crippen LogP contribution in [0.15, 0.2) is 18.7 Å². The fraction of sp³-hybridized carbons (Fsp3) is 0.571. The van der Waals surface area contributed by atoms with Crippen LogP contribution in [0.25, 0.3) is 0 Å². The molecule has 104 valence electrons. The van der Waals surface area contributed by atoms with Crippen LogP contribution in [0.4, 0.5) is 0 Å². The smallest absolute Gasteiger partial charge is 0.115 e. The molecule has 2 heterocycles. The molecule has 4 nitrogen and oxygen atoms in total. The van der Waals surface area contributed by atoms with Crippen LogP contribution in [0, 0.1) is 12.8 Å². The Morgan fingerprint density at radius 2 is 2.11 bits per heavy atom. The average Bonchev–Trinajstić information content (AvgIpc) is 2.97. The first-order valence-corrected chi connectivity index (χ1v) is 7.53. The van der Waals surface area contributed by atoms with Gasteiger partial charge in [-0.05, 0) is 26.3 Å². The van der Waals surface area contributed by atoms with E-state index in [1.54, 1.807) is 11.3 Å². The number of nitrogens with one attached hydrogen (secondary N) is 1. The number of rotatable bonds is 6. The van der Waals surface area contributed by atoms with Crippen LogP contribution in [-0.4, -0.2) is 21.1 Å². The zero-order chi connectivity index (χ0) is 13.8. The molecule has 0 fully saturated rings. The predicted octanol–water partition coefficient (Wildman–Crippen LogP) is 3.00. The third-order valence-electron chi connectivity index (χ3n) is 3.02. The highest BCUT2D eigenvalue weighted by molar-refractivity contribution is 7.11. The van der Waals surface area contributed by atoms with Gasteiger partial charge in [-0.15, -0.1) is 11.3 Å². The van der Waals surface area contributed by atoms with E-state index in [0.717, 1.165) is 18.1 Å². The first-order valence-electron chi connectivity index (χ1n) is 6.71. The number of nitrogens with zero attached hydrogens (tertiary/aromatic N) is 3. The monoisotopic (exact) mass is 278 g/mol. The molecule has 1 N–H and O–H groups in total. The van der Waals surface area contributed by atoms with Crippen molar-refractivity contribution in [2.24, 2.45) is 5.92 Å². The molecule has 0 spiro atoms. The Balaban J connectivity index is 2.06. The van der Waals surface area contributed by atoms with Crippen molar-refractivity contribution in [3.8, 4) is 0 Å². The summed E-state index contributed by atoms with van der Waals surface area (Å²) >= 11 is 1.75. The van der Waals surface area contributed by atoms with Crippen molar-refractivity contribution < 1.29 is 0 Å². The van der Waals surface area contributed by atoms with Gasteiger partial charge in [0.05, 0.1) is 18.1 Å². The van der Waals surface area contributed by atoms with Gasteiger partial charge in [0.2, 0.25) is 0 Å². The molecular weight excluding hydrogens is 256 g/mol. The molecule has 0 bridgehead atoms. The minimum atomic E-state index is 0.247. The van der Waals surface area contributed by atoms with Crippen LogP contribution < -0.4 is 5.32 Å².